The summed E-state index contributed by atoms with van der Waals surface area (Å²) in [6.45, 7) is 3.72. The number of hydrogen-bond donors (Lipinski definition) is 1. The maximum absolute atomic E-state index is 12.5. The number of Topliss-reactive ketones (excluding diaryl/α,β-unsaturated/α-hetero) is 1. The molecule has 1 N–H and O–H groups in total. The van der Waals surface area contributed by atoms with Crippen molar-refractivity contribution in [3.05, 3.63) is 58.7 Å². The Kier molecular flexibility index (Phi) is 9.34. The Morgan fingerprint density at radius 1 is 1.33 bits per heavy atom. The molecule has 0 bridgehead atoms. The van der Waals surface area contributed by atoms with E-state index in [1.54, 1.807) is 43.4 Å². The van der Waals surface area contributed by atoms with Crippen LogP contribution in [0.4, 0.5) is 0 Å². The van der Waals surface area contributed by atoms with Gasteiger partial charge in [-0.1, -0.05) is 68.1 Å². The molecule has 1 aliphatic carbocycles. The Morgan fingerprint density at radius 2 is 2.10 bits per heavy atom. The lowest BCUT2D eigenvalue weighted by molar-refractivity contribution is -0.147. The van der Waals surface area contributed by atoms with Gasteiger partial charge in [-0.05, 0) is 37.1 Å². The molecule has 3 unspecified atom stereocenters. The molecule has 30 heavy (non-hydrogen) atoms. The average molecular weight is 433 g/mol. The Morgan fingerprint density at radius 3 is 2.80 bits per heavy atom. The number of rotatable bonds is 10. The van der Waals surface area contributed by atoms with Crippen molar-refractivity contribution in [3.8, 4) is 5.75 Å². The zero-order valence-electron chi connectivity index (χ0n) is 17.6. The summed E-state index contributed by atoms with van der Waals surface area (Å²) in [7, 11) is 1.31. The first kappa shape index (κ1) is 23.9. The molecule has 1 aromatic rings. The maximum atomic E-state index is 12.5. The number of carbonyl (C=O) groups is 2. The van der Waals surface area contributed by atoms with Crippen LogP contribution in [0.3, 0.4) is 0 Å². The third-order valence-corrected chi connectivity index (χ3v) is 5.13. The van der Waals surface area contributed by atoms with Crippen LogP contribution in [0.2, 0.25) is 0 Å². The molecule has 0 fully saturated rings. The van der Waals surface area contributed by atoms with E-state index in [9.17, 15) is 14.7 Å². The largest absolute Gasteiger partial charge is 0.479 e. The molecule has 3 atom stereocenters. The number of esters is 1. The number of ketones is 1. The van der Waals surface area contributed by atoms with Crippen LogP contribution in [0.25, 0.3) is 6.08 Å². The second-order valence-electron chi connectivity index (χ2n) is 7.27. The van der Waals surface area contributed by atoms with Crippen molar-refractivity contribution in [3.63, 3.8) is 0 Å². The third-order valence-electron chi connectivity index (χ3n) is 4.83. The molecule has 6 heteroatoms. The van der Waals surface area contributed by atoms with Gasteiger partial charge in [0, 0.05) is 11.5 Å². The normalized spacial score (nSPS) is 19.8. The van der Waals surface area contributed by atoms with E-state index >= 15 is 0 Å². The predicted octanol–water partition coefficient (Wildman–Crippen LogP) is 4.83. The number of carbonyl (C=O) groups excluding carboxylic acids is 2. The Balaban J connectivity index is 2.16. The first-order chi connectivity index (χ1) is 14.3. The van der Waals surface area contributed by atoms with Crippen molar-refractivity contribution < 1.29 is 24.2 Å². The number of aliphatic hydroxyl groups is 1. The van der Waals surface area contributed by atoms with Crippen LogP contribution in [0.1, 0.15) is 45.1 Å². The number of halogens is 1. The molecule has 1 aliphatic rings. The van der Waals surface area contributed by atoms with E-state index in [0.29, 0.717) is 17.7 Å². The van der Waals surface area contributed by atoms with Crippen molar-refractivity contribution in [1.29, 1.82) is 0 Å². The van der Waals surface area contributed by atoms with Gasteiger partial charge in [0.15, 0.2) is 6.10 Å². The van der Waals surface area contributed by atoms with Crippen LogP contribution < -0.4 is 4.74 Å². The molecule has 5 nitrogen and oxygen atoms in total. The minimum atomic E-state index is -0.744. The number of unbranched alkanes of at least 4 members (excludes halogenated alkanes) is 2. The van der Waals surface area contributed by atoms with Crippen LogP contribution >= 0.6 is 11.6 Å². The molecule has 0 saturated heterocycles. The minimum Gasteiger partial charge on any atom is -0.479 e. The number of hydrogen-bond acceptors (Lipinski definition) is 5. The van der Waals surface area contributed by atoms with Gasteiger partial charge in [-0.3, -0.25) is 4.79 Å². The van der Waals surface area contributed by atoms with E-state index in [-0.39, 0.29) is 16.7 Å². The Bertz CT molecular complexity index is 840. The SMILES string of the molecule is CCCCCC(O)C=CC1C=C(Cl)C(=O)C1=Cc1cccc(OC(C)C(=O)OC)c1. The van der Waals surface area contributed by atoms with E-state index in [2.05, 4.69) is 11.7 Å². The number of aliphatic hydroxyl groups excluding tert-OH is 1. The zero-order valence-corrected chi connectivity index (χ0v) is 18.4. The van der Waals surface area contributed by atoms with Crippen molar-refractivity contribution in [1.82, 2.24) is 0 Å². The van der Waals surface area contributed by atoms with Gasteiger partial charge < -0.3 is 14.6 Å². The monoisotopic (exact) mass is 432 g/mol. The zero-order chi connectivity index (χ0) is 22.1. The number of benzene rings is 1. The number of allylic oxidation sites excluding steroid dienone is 4. The van der Waals surface area contributed by atoms with Crippen molar-refractivity contribution in [2.75, 3.05) is 7.11 Å². The fourth-order valence-corrected chi connectivity index (χ4v) is 3.40. The van der Waals surface area contributed by atoms with Gasteiger partial charge in [0.1, 0.15) is 5.75 Å². The Labute approximate surface area is 183 Å². The topological polar surface area (TPSA) is 72.8 Å². The summed E-state index contributed by atoms with van der Waals surface area (Å²) in [5.74, 6) is -0.515. The maximum Gasteiger partial charge on any atom is 0.346 e. The molecule has 0 heterocycles. The quantitative estimate of drug-likeness (QED) is 0.248. The summed E-state index contributed by atoms with van der Waals surface area (Å²) in [5.41, 5.74) is 1.27. The summed E-state index contributed by atoms with van der Waals surface area (Å²) in [4.78, 5) is 24.1. The highest BCUT2D eigenvalue weighted by atomic mass is 35.5. The highest BCUT2D eigenvalue weighted by Crippen LogP contribution is 2.32. The summed E-state index contributed by atoms with van der Waals surface area (Å²) in [5, 5.41) is 10.3. The lowest BCUT2D eigenvalue weighted by atomic mass is 9.97. The molecule has 1 aromatic carbocycles. The van der Waals surface area contributed by atoms with Gasteiger partial charge in [0.25, 0.3) is 0 Å². The molecule has 0 aromatic heterocycles. The second kappa shape index (κ2) is 11.7. The van der Waals surface area contributed by atoms with E-state index in [4.69, 9.17) is 16.3 Å². The highest BCUT2D eigenvalue weighted by Gasteiger charge is 2.27. The van der Waals surface area contributed by atoms with Gasteiger partial charge in [-0.2, -0.15) is 0 Å². The first-order valence-corrected chi connectivity index (χ1v) is 10.6. The highest BCUT2D eigenvalue weighted by molar-refractivity contribution is 6.46. The van der Waals surface area contributed by atoms with Gasteiger partial charge in [0.05, 0.1) is 18.2 Å². The standard InChI is InChI=1S/C24H29ClO5/c1-4-5-6-9-19(26)12-11-18-15-22(25)23(27)21(18)14-17-8-7-10-20(13-17)30-16(2)24(28)29-3/h7-8,10-16,18-19,26H,4-6,9H2,1-3H3. The number of methoxy groups -OCH3 is 1. The van der Waals surface area contributed by atoms with Gasteiger partial charge in [-0.25, -0.2) is 4.79 Å². The van der Waals surface area contributed by atoms with Crippen LogP contribution in [-0.4, -0.2) is 36.2 Å². The van der Waals surface area contributed by atoms with E-state index in [1.807, 2.05) is 12.1 Å². The van der Waals surface area contributed by atoms with Crippen molar-refractivity contribution in [2.45, 2.75) is 51.7 Å². The molecular weight excluding hydrogens is 404 g/mol. The predicted molar refractivity (Wildman–Crippen MR) is 118 cm³/mol. The first-order valence-electron chi connectivity index (χ1n) is 10.2. The average Bonchev–Trinajstić information content (AvgIpc) is 2.99. The summed E-state index contributed by atoms with van der Waals surface area (Å²) in [6, 6.07) is 7.09. The second-order valence-corrected chi connectivity index (χ2v) is 7.68. The molecule has 0 radical (unpaired) electrons. The molecule has 162 valence electrons. The Hall–Kier alpha value is -2.37. The molecule has 0 aliphatic heterocycles. The minimum absolute atomic E-state index is 0.170. The summed E-state index contributed by atoms with van der Waals surface area (Å²) < 4.78 is 10.3. The fourth-order valence-electron chi connectivity index (χ4n) is 3.16. The van der Waals surface area contributed by atoms with Gasteiger partial charge in [-0.15, -0.1) is 0 Å². The van der Waals surface area contributed by atoms with Crippen LogP contribution in [0.5, 0.6) is 5.75 Å². The lowest BCUT2D eigenvalue weighted by Crippen LogP contribution is -2.24. The van der Waals surface area contributed by atoms with Crippen molar-refractivity contribution >= 4 is 29.4 Å². The smallest absolute Gasteiger partial charge is 0.346 e. The van der Waals surface area contributed by atoms with Crippen molar-refractivity contribution in [2.24, 2.45) is 5.92 Å². The molecule has 2 rings (SSSR count). The number of ether oxygens (including phenoxy) is 2. The molecular formula is C24H29ClO5. The van der Waals surface area contributed by atoms with Gasteiger partial charge >= 0.3 is 5.97 Å². The van der Waals surface area contributed by atoms with Crippen LogP contribution in [0, 0.1) is 5.92 Å². The van der Waals surface area contributed by atoms with E-state index in [1.165, 1.54) is 7.11 Å². The molecule has 0 amide bonds. The van der Waals surface area contributed by atoms with E-state index in [0.717, 1.165) is 24.8 Å². The third kappa shape index (κ3) is 6.85. The summed E-state index contributed by atoms with van der Waals surface area (Å²) >= 11 is 6.09. The summed E-state index contributed by atoms with van der Waals surface area (Å²) in [6.07, 6.45) is 9.52. The van der Waals surface area contributed by atoms with Gasteiger partial charge in [0.2, 0.25) is 5.78 Å². The lowest BCUT2D eigenvalue weighted by Gasteiger charge is -2.13. The van der Waals surface area contributed by atoms with Crippen LogP contribution in [0.15, 0.2) is 53.1 Å². The molecule has 0 saturated carbocycles. The molecule has 0 spiro atoms. The fraction of sp³-hybridized carbons (Fsp3) is 0.417. The van der Waals surface area contributed by atoms with E-state index < -0.39 is 18.2 Å². The van der Waals surface area contributed by atoms with Crippen LogP contribution in [-0.2, 0) is 14.3 Å².